The van der Waals surface area contributed by atoms with Crippen LogP contribution in [0, 0.1) is 5.92 Å². The second-order valence-electron chi connectivity index (χ2n) is 5.01. The van der Waals surface area contributed by atoms with Gasteiger partial charge in [0.2, 0.25) is 0 Å². The lowest BCUT2D eigenvalue weighted by Gasteiger charge is -2.41. The lowest BCUT2D eigenvalue weighted by molar-refractivity contribution is 0.0881. The molecule has 0 heterocycles. The Hall–Kier alpha value is -0.0800. The fourth-order valence-corrected chi connectivity index (χ4v) is 1.85. The largest absolute Gasteiger partial charge is 0.329 e. The van der Waals surface area contributed by atoms with E-state index in [-0.39, 0.29) is 5.54 Å². The van der Waals surface area contributed by atoms with Crippen LogP contribution in [-0.2, 0) is 0 Å². The fourth-order valence-electron chi connectivity index (χ4n) is 1.85. The van der Waals surface area contributed by atoms with Crippen LogP contribution in [0.4, 0.5) is 0 Å². The van der Waals surface area contributed by atoms with Crippen molar-refractivity contribution in [3.8, 4) is 0 Å². The summed E-state index contributed by atoms with van der Waals surface area (Å²) in [5.74, 6) is 0.772. The van der Waals surface area contributed by atoms with Crippen LogP contribution in [-0.4, -0.2) is 30.1 Å². The van der Waals surface area contributed by atoms with Gasteiger partial charge in [0.15, 0.2) is 0 Å². The Morgan fingerprint density at radius 2 is 1.87 bits per heavy atom. The smallest absolute Gasteiger partial charge is 0.0301 e. The predicted octanol–water partition coefficient (Wildman–Crippen LogP) is 2.87. The van der Waals surface area contributed by atoms with Crippen molar-refractivity contribution in [2.24, 2.45) is 11.7 Å². The summed E-state index contributed by atoms with van der Waals surface area (Å²) in [6.07, 6.45) is 3.61. The van der Waals surface area contributed by atoms with Crippen LogP contribution in [0.1, 0.15) is 53.9 Å². The van der Waals surface area contributed by atoms with Gasteiger partial charge in [-0.25, -0.2) is 0 Å². The average molecular weight is 214 g/mol. The molecule has 92 valence electrons. The number of nitrogens with zero attached hydrogens (tertiary/aromatic N) is 1. The molecule has 2 heteroatoms. The molecule has 0 spiro atoms. The van der Waals surface area contributed by atoms with E-state index in [0.717, 1.165) is 18.9 Å². The molecule has 0 bridgehead atoms. The highest BCUT2D eigenvalue weighted by molar-refractivity contribution is 4.86. The first-order chi connectivity index (χ1) is 7.03. The standard InChI is InChI=1S/C13H30N2/c1-6-9-15(10-12(4)7-2)13(5,8-3)11-14/h12H,6-11,14H2,1-5H3. The van der Waals surface area contributed by atoms with Gasteiger partial charge < -0.3 is 5.73 Å². The molecule has 0 aliphatic heterocycles. The molecule has 0 aromatic heterocycles. The Kier molecular flexibility index (Phi) is 7.20. The summed E-state index contributed by atoms with van der Waals surface area (Å²) < 4.78 is 0. The molecule has 0 aromatic carbocycles. The van der Waals surface area contributed by atoms with Gasteiger partial charge >= 0.3 is 0 Å². The molecule has 0 fully saturated rings. The molecule has 2 atom stereocenters. The van der Waals surface area contributed by atoms with Crippen LogP contribution in [0.5, 0.6) is 0 Å². The van der Waals surface area contributed by atoms with E-state index in [0.29, 0.717) is 0 Å². The van der Waals surface area contributed by atoms with Crippen molar-refractivity contribution < 1.29 is 0 Å². The van der Waals surface area contributed by atoms with E-state index in [1.807, 2.05) is 0 Å². The van der Waals surface area contributed by atoms with E-state index in [9.17, 15) is 0 Å². The molecule has 0 aromatic rings. The molecular formula is C13H30N2. The maximum atomic E-state index is 5.92. The summed E-state index contributed by atoms with van der Waals surface area (Å²) in [5.41, 5.74) is 6.12. The molecule has 2 nitrogen and oxygen atoms in total. The monoisotopic (exact) mass is 214 g/mol. The van der Waals surface area contributed by atoms with Gasteiger partial charge in [-0.05, 0) is 32.2 Å². The molecule has 0 radical (unpaired) electrons. The van der Waals surface area contributed by atoms with Crippen LogP contribution in [0.15, 0.2) is 0 Å². The molecule has 2 unspecified atom stereocenters. The van der Waals surface area contributed by atoms with Crippen LogP contribution >= 0.6 is 0 Å². The highest BCUT2D eigenvalue weighted by Crippen LogP contribution is 2.20. The third kappa shape index (κ3) is 4.52. The molecular weight excluding hydrogens is 184 g/mol. The first-order valence-electron chi connectivity index (χ1n) is 6.49. The van der Waals surface area contributed by atoms with Gasteiger partial charge in [-0.1, -0.05) is 34.1 Å². The Morgan fingerprint density at radius 1 is 1.27 bits per heavy atom. The highest BCUT2D eigenvalue weighted by atomic mass is 15.2. The first-order valence-corrected chi connectivity index (χ1v) is 6.49. The van der Waals surface area contributed by atoms with Gasteiger partial charge in [-0.3, -0.25) is 4.90 Å². The molecule has 0 saturated heterocycles. The van der Waals surface area contributed by atoms with Gasteiger partial charge in [-0.15, -0.1) is 0 Å². The fraction of sp³-hybridized carbons (Fsp3) is 1.00. The minimum atomic E-state index is 0.194. The maximum Gasteiger partial charge on any atom is 0.0301 e. The number of nitrogens with two attached hydrogens (primary N) is 1. The van der Waals surface area contributed by atoms with Gasteiger partial charge in [0, 0.05) is 18.6 Å². The molecule has 0 saturated carbocycles. The van der Waals surface area contributed by atoms with Crippen LogP contribution in [0.2, 0.25) is 0 Å². The minimum Gasteiger partial charge on any atom is -0.329 e. The Labute approximate surface area is 96.2 Å². The SMILES string of the molecule is CCCN(CC(C)CC)C(C)(CC)CN. The predicted molar refractivity (Wildman–Crippen MR) is 69.1 cm³/mol. The number of hydrogen-bond acceptors (Lipinski definition) is 2. The summed E-state index contributed by atoms with van der Waals surface area (Å²) in [7, 11) is 0. The van der Waals surface area contributed by atoms with Crippen molar-refractivity contribution in [2.45, 2.75) is 59.4 Å². The van der Waals surface area contributed by atoms with Crippen molar-refractivity contribution in [1.82, 2.24) is 4.90 Å². The second-order valence-corrected chi connectivity index (χ2v) is 5.01. The van der Waals surface area contributed by atoms with Crippen molar-refractivity contribution in [3.05, 3.63) is 0 Å². The summed E-state index contributed by atoms with van der Waals surface area (Å²) >= 11 is 0. The molecule has 0 aliphatic rings. The summed E-state index contributed by atoms with van der Waals surface area (Å²) in [5, 5.41) is 0. The van der Waals surface area contributed by atoms with E-state index in [4.69, 9.17) is 5.73 Å². The lowest BCUT2D eigenvalue weighted by atomic mass is 9.94. The molecule has 2 N–H and O–H groups in total. The van der Waals surface area contributed by atoms with Crippen molar-refractivity contribution in [3.63, 3.8) is 0 Å². The normalized spacial score (nSPS) is 17.8. The first kappa shape index (κ1) is 14.9. The zero-order valence-corrected chi connectivity index (χ0v) is 11.3. The second kappa shape index (κ2) is 7.24. The van der Waals surface area contributed by atoms with Crippen LogP contribution in [0.3, 0.4) is 0 Å². The third-order valence-electron chi connectivity index (χ3n) is 3.69. The third-order valence-corrected chi connectivity index (χ3v) is 3.69. The highest BCUT2D eigenvalue weighted by Gasteiger charge is 2.28. The summed E-state index contributed by atoms with van der Waals surface area (Å²) in [6.45, 7) is 14.5. The van der Waals surface area contributed by atoms with Gasteiger partial charge in [0.05, 0.1) is 0 Å². The molecule has 0 amide bonds. The summed E-state index contributed by atoms with van der Waals surface area (Å²) in [6, 6.07) is 0. The van der Waals surface area contributed by atoms with E-state index in [1.165, 1.54) is 25.9 Å². The van der Waals surface area contributed by atoms with Crippen LogP contribution in [0.25, 0.3) is 0 Å². The lowest BCUT2D eigenvalue weighted by Crippen LogP contribution is -2.52. The van der Waals surface area contributed by atoms with Crippen LogP contribution < -0.4 is 5.73 Å². The van der Waals surface area contributed by atoms with Crippen molar-refractivity contribution in [2.75, 3.05) is 19.6 Å². The van der Waals surface area contributed by atoms with Gasteiger partial charge in [0.25, 0.3) is 0 Å². The molecule has 15 heavy (non-hydrogen) atoms. The topological polar surface area (TPSA) is 29.3 Å². The van der Waals surface area contributed by atoms with Crippen molar-refractivity contribution >= 4 is 0 Å². The van der Waals surface area contributed by atoms with Crippen molar-refractivity contribution in [1.29, 1.82) is 0 Å². The van der Waals surface area contributed by atoms with Gasteiger partial charge in [0.1, 0.15) is 0 Å². The van der Waals surface area contributed by atoms with E-state index < -0.39 is 0 Å². The molecule has 0 aliphatic carbocycles. The average Bonchev–Trinajstić information content (AvgIpc) is 2.27. The molecule has 0 rings (SSSR count). The summed E-state index contributed by atoms with van der Waals surface area (Å²) in [4.78, 5) is 2.58. The minimum absolute atomic E-state index is 0.194. The number of hydrogen-bond donors (Lipinski definition) is 1. The van der Waals surface area contributed by atoms with E-state index in [1.54, 1.807) is 0 Å². The number of rotatable bonds is 8. The Bertz CT molecular complexity index is 153. The Morgan fingerprint density at radius 3 is 2.20 bits per heavy atom. The zero-order valence-electron chi connectivity index (χ0n) is 11.3. The Balaban J connectivity index is 4.47. The van der Waals surface area contributed by atoms with E-state index >= 15 is 0 Å². The quantitative estimate of drug-likeness (QED) is 0.673. The maximum absolute atomic E-state index is 5.92. The van der Waals surface area contributed by atoms with Gasteiger partial charge in [-0.2, -0.15) is 0 Å². The zero-order chi connectivity index (χ0) is 11.9. The van der Waals surface area contributed by atoms with E-state index in [2.05, 4.69) is 39.5 Å².